The van der Waals surface area contributed by atoms with Gasteiger partial charge >= 0.3 is 7.12 Å². The highest BCUT2D eigenvalue weighted by molar-refractivity contribution is 7.15. The fraction of sp³-hybridized carbons (Fsp3) is 0.550. The summed E-state index contributed by atoms with van der Waals surface area (Å²) >= 11 is 1.85. The van der Waals surface area contributed by atoms with E-state index in [1.807, 2.05) is 17.5 Å². The Morgan fingerprint density at radius 1 is 1.00 bits per heavy atom. The van der Waals surface area contributed by atoms with Gasteiger partial charge in [-0.1, -0.05) is 37.1 Å². The Labute approximate surface area is 154 Å². The van der Waals surface area contributed by atoms with Crippen molar-refractivity contribution in [1.29, 1.82) is 0 Å². The molecule has 25 heavy (non-hydrogen) atoms. The van der Waals surface area contributed by atoms with Crippen LogP contribution in [0.5, 0.6) is 0 Å². The van der Waals surface area contributed by atoms with Gasteiger partial charge in [-0.15, -0.1) is 11.3 Å². The summed E-state index contributed by atoms with van der Waals surface area (Å²) in [5.74, 6) is 0.683. The molecule has 2 aromatic rings. The molecule has 4 rings (SSSR count). The van der Waals surface area contributed by atoms with Crippen LogP contribution < -0.4 is 5.46 Å². The minimum absolute atomic E-state index is 0.297. The second-order valence-electron chi connectivity index (χ2n) is 8.25. The number of rotatable bonds is 3. The molecule has 0 bridgehead atoms. The Morgan fingerprint density at radius 2 is 1.60 bits per heavy atom. The molecule has 2 aliphatic rings. The summed E-state index contributed by atoms with van der Waals surface area (Å²) in [6, 6.07) is 8.55. The minimum atomic E-state index is -0.301. The standard InChI is InChI=1S/C20H26BNO2S/c1-19(2)20(3,4)24-21(23-19)16-11-9-14(10-12-16)17-13-22-18(25-17)15-7-5-6-8-15/h9-13,15H,5-8H2,1-4H3. The van der Waals surface area contributed by atoms with Crippen LogP contribution in [0.3, 0.4) is 0 Å². The molecule has 1 aromatic heterocycles. The van der Waals surface area contributed by atoms with Crippen molar-refractivity contribution < 1.29 is 9.31 Å². The molecule has 2 fully saturated rings. The minimum Gasteiger partial charge on any atom is -0.399 e. The molecule has 0 radical (unpaired) electrons. The van der Waals surface area contributed by atoms with Gasteiger partial charge in [0.15, 0.2) is 0 Å². The van der Waals surface area contributed by atoms with Gasteiger partial charge in [-0.3, -0.25) is 0 Å². The first-order chi connectivity index (χ1) is 11.9. The lowest BCUT2D eigenvalue weighted by Crippen LogP contribution is -2.41. The zero-order valence-corrected chi connectivity index (χ0v) is 16.4. The molecule has 1 aliphatic heterocycles. The molecule has 0 atom stereocenters. The molecule has 0 amide bonds. The van der Waals surface area contributed by atoms with Crippen molar-refractivity contribution in [3.63, 3.8) is 0 Å². The van der Waals surface area contributed by atoms with Crippen molar-refractivity contribution in [2.75, 3.05) is 0 Å². The number of nitrogens with zero attached hydrogens (tertiary/aromatic N) is 1. The second-order valence-corrected chi connectivity index (χ2v) is 9.32. The summed E-state index contributed by atoms with van der Waals surface area (Å²) in [6.07, 6.45) is 7.33. The van der Waals surface area contributed by atoms with E-state index < -0.39 is 0 Å². The van der Waals surface area contributed by atoms with Gasteiger partial charge in [0.25, 0.3) is 0 Å². The lowest BCUT2D eigenvalue weighted by Gasteiger charge is -2.32. The second kappa shape index (κ2) is 6.22. The summed E-state index contributed by atoms with van der Waals surface area (Å²) in [7, 11) is -0.297. The number of thiazole rings is 1. The Balaban J connectivity index is 1.51. The molecule has 1 saturated heterocycles. The van der Waals surface area contributed by atoms with Crippen LogP contribution in [-0.2, 0) is 9.31 Å². The van der Waals surface area contributed by atoms with Gasteiger partial charge in [0.2, 0.25) is 0 Å². The van der Waals surface area contributed by atoms with Gasteiger partial charge in [0, 0.05) is 12.1 Å². The fourth-order valence-electron chi connectivity index (χ4n) is 3.57. The third-order valence-corrected chi connectivity index (χ3v) is 7.16. The molecule has 5 heteroatoms. The van der Waals surface area contributed by atoms with E-state index in [-0.39, 0.29) is 18.3 Å². The third-order valence-electron chi connectivity index (χ3n) is 5.95. The summed E-state index contributed by atoms with van der Waals surface area (Å²) in [6.45, 7) is 8.35. The highest BCUT2D eigenvalue weighted by Crippen LogP contribution is 2.39. The van der Waals surface area contributed by atoms with Crippen LogP contribution in [0, 0.1) is 0 Å². The number of hydrogen-bond acceptors (Lipinski definition) is 4. The van der Waals surface area contributed by atoms with E-state index in [2.05, 4.69) is 56.9 Å². The quantitative estimate of drug-likeness (QED) is 0.744. The van der Waals surface area contributed by atoms with E-state index in [0.717, 1.165) is 5.46 Å². The Kier molecular flexibility index (Phi) is 4.29. The van der Waals surface area contributed by atoms with E-state index in [1.165, 1.54) is 41.1 Å². The molecular formula is C20H26BNO2S. The largest absolute Gasteiger partial charge is 0.494 e. The first-order valence-corrected chi connectivity index (χ1v) is 10.1. The van der Waals surface area contributed by atoms with Gasteiger partial charge in [-0.25, -0.2) is 4.98 Å². The van der Waals surface area contributed by atoms with Gasteiger partial charge in [-0.05, 0) is 51.6 Å². The summed E-state index contributed by atoms with van der Waals surface area (Å²) in [4.78, 5) is 5.93. The molecule has 0 spiro atoms. The zero-order chi connectivity index (χ0) is 17.7. The third kappa shape index (κ3) is 3.18. The van der Waals surface area contributed by atoms with Crippen LogP contribution in [0.2, 0.25) is 0 Å². The smallest absolute Gasteiger partial charge is 0.399 e. The Bertz CT molecular complexity index is 731. The molecule has 0 unspecified atom stereocenters. The van der Waals surface area contributed by atoms with E-state index >= 15 is 0 Å². The van der Waals surface area contributed by atoms with Crippen LogP contribution in [0.1, 0.15) is 64.3 Å². The molecule has 2 heterocycles. The van der Waals surface area contributed by atoms with Crippen LogP contribution in [0.15, 0.2) is 30.5 Å². The van der Waals surface area contributed by atoms with Crippen molar-refractivity contribution in [3.8, 4) is 10.4 Å². The Hall–Kier alpha value is -1.17. The van der Waals surface area contributed by atoms with Crippen molar-refractivity contribution >= 4 is 23.9 Å². The average molecular weight is 355 g/mol. The number of benzene rings is 1. The van der Waals surface area contributed by atoms with Crippen molar-refractivity contribution in [3.05, 3.63) is 35.5 Å². The van der Waals surface area contributed by atoms with Crippen molar-refractivity contribution in [1.82, 2.24) is 4.98 Å². The summed E-state index contributed by atoms with van der Waals surface area (Å²) in [5, 5.41) is 1.31. The van der Waals surface area contributed by atoms with Crippen LogP contribution in [0.4, 0.5) is 0 Å². The SMILES string of the molecule is CC1(C)OB(c2ccc(-c3cnc(C4CCCC4)s3)cc2)OC1(C)C. The molecule has 0 N–H and O–H groups in total. The van der Waals surface area contributed by atoms with Gasteiger partial charge in [0.1, 0.15) is 0 Å². The normalized spacial score (nSPS) is 22.6. The zero-order valence-electron chi connectivity index (χ0n) is 15.5. The average Bonchev–Trinajstić information content (AvgIpc) is 3.28. The van der Waals surface area contributed by atoms with Crippen molar-refractivity contribution in [2.24, 2.45) is 0 Å². The van der Waals surface area contributed by atoms with Gasteiger partial charge in [0.05, 0.1) is 21.1 Å². The number of hydrogen-bond donors (Lipinski definition) is 0. The molecule has 1 aromatic carbocycles. The topological polar surface area (TPSA) is 31.4 Å². The molecule has 1 saturated carbocycles. The maximum absolute atomic E-state index is 6.14. The van der Waals surface area contributed by atoms with E-state index in [1.54, 1.807) is 0 Å². The van der Waals surface area contributed by atoms with Crippen LogP contribution >= 0.6 is 11.3 Å². The predicted octanol–water partition coefficient (Wildman–Crippen LogP) is 4.77. The molecule has 3 nitrogen and oxygen atoms in total. The fourth-order valence-corrected chi connectivity index (χ4v) is 4.66. The maximum atomic E-state index is 6.14. The molecule has 1 aliphatic carbocycles. The van der Waals surface area contributed by atoms with E-state index in [0.29, 0.717) is 5.92 Å². The molecule has 132 valence electrons. The lowest BCUT2D eigenvalue weighted by molar-refractivity contribution is 0.00578. The molecular weight excluding hydrogens is 329 g/mol. The number of aromatic nitrogens is 1. The highest BCUT2D eigenvalue weighted by Gasteiger charge is 2.51. The first kappa shape index (κ1) is 17.3. The van der Waals surface area contributed by atoms with E-state index in [4.69, 9.17) is 9.31 Å². The summed E-state index contributed by atoms with van der Waals surface area (Å²) in [5.41, 5.74) is 1.69. The first-order valence-electron chi connectivity index (χ1n) is 9.27. The van der Waals surface area contributed by atoms with Gasteiger partial charge in [-0.2, -0.15) is 0 Å². The van der Waals surface area contributed by atoms with Gasteiger partial charge < -0.3 is 9.31 Å². The van der Waals surface area contributed by atoms with Crippen LogP contribution in [-0.4, -0.2) is 23.3 Å². The van der Waals surface area contributed by atoms with Crippen LogP contribution in [0.25, 0.3) is 10.4 Å². The lowest BCUT2D eigenvalue weighted by atomic mass is 9.79. The van der Waals surface area contributed by atoms with E-state index in [9.17, 15) is 0 Å². The predicted molar refractivity (Wildman–Crippen MR) is 104 cm³/mol. The highest BCUT2D eigenvalue weighted by atomic mass is 32.1. The Morgan fingerprint density at radius 3 is 2.20 bits per heavy atom. The monoisotopic (exact) mass is 355 g/mol. The summed E-state index contributed by atoms with van der Waals surface area (Å²) < 4.78 is 12.3. The van der Waals surface area contributed by atoms with Crippen molar-refractivity contribution in [2.45, 2.75) is 70.5 Å². The maximum Gasteiger partial charge on any atom is 0.494 e.